The summed E-state index contributed by atoms with van der Waals surface area (Å²) in [4.78, 5) is 0. The Bertz CT molecular complexity index is 959. The molecule has 1 unspecified atom stereocenters. The fourth-order valence-electron chi connectivity index (χ4n) is 4.40. The lowest BCUT2D eigenvalue weighted by Gasteiger charge is -2.15. The van der Waals surface area contributed by atoms with Gasteiger partial charge in [0, 0.05) is 6.61 Å². The van der Waals surface area contributed by atoms with Crippen LogP contribution in [0.25, 0.3) is 22.3 Å². The van der Waals surface area contributed by atoms with Gasteiger partial charge in [0.25, 0.3) is 0 Å². The van der Waals surface area contributed by atoms with Crippen LogP contribution in [0.2, 0.25) is 0 Å². The van der Waals surface area contributed by atoms with Crippen molar-refractivity contribution in [2.24, 2.45) is 0 Å². The van der Waals surface area contributed by atoms with Crippen LogP contribution in [0.4, 0.5) is 0 Å². The summed E-state index contributed by atoms with van der Waals surface area (Å²) in [5, 5.41) is 0. The van der Waals surface area contributed by atoms with Gasteiger partial charge >= 0.3 is 0 Å². The lowest BCUT2D eigenvalue weighted by molar-refractivity contribution is 0.0627. The van der Waals surface area contributed by atoms with Gasteiger partial charge in [0.1, 0.15) is 5.75 Å². The van der Waals surface area contributed by atoms with Crippen molar-refractivity contribution in [3.63, 3.8) is 0 Å². The molecular weight excluding hydrogens is 428 g/mol. The third kappa shape index (κ3) is 8.85. The summed E-state index contributed by atoms with van der Waals surface area (Å²) in [5.74, 6) is 0.939. The van der Waals surface area contributed by atoms with Crippen molar-refractivity contribution in [2.75, 3.05) is 13.2 Å². The maximum absolute atomic E-state index is 6.13. The molecule has 0 saturated carbocycles. The molecule has 1 atom stereocenters. The monoisotopic (exact) mass is 472 g/mol. The van der Waals surface area contributed by atoms with Crippen molar-refractivity contribution in [3.05, 3.63) is 78.4 Å². The fourth-order valence-corrected chi connectivity index (χ4v) is 4.40. The molecule has 0 aliphatic heterocycles. The van der Waals surface area contributed by atoms with Gasteiger partial charge in [-0.2, -0.15) is 0 Å². The molecule has 2 heteroatoms. The van der Waals surface area contributed by atoms with Crippen LogP contribution >= 0.6 is 0 Å². The predicted molar refractivity (Wildman–Crippen MR) is 150 cm³/mol. The first-order valence-corrected chi connectivity index (χ1v) is 13.8. The van der Waals surface area contributed by atoms with Gasteiger partial charge in [0.15, 0.2) is 0 Å². The molecule has 188 valence electrons. The second-order valence-corrected chi connectivity index (χ2v) is 9.53. The van der Waals surface area contributed by atoms with Crippen molar-refractivity contribution in [2.45, 2.75) is 84.7 Å². The maximum atomic E-state index is 6.13. The lowest BCUT2D eigenvalue weighted by Crippen LogP contribution is -2.02. The average Bonchev–Trinajstić information content (AvgIpc) is 2.91. The molecule has 0 amide bonds. The number of rotatable bonds is 16. The van der Waals surface area contributed by atoms with Crippen molar-refractivity contribution in [1.29, 1.82) is 0 Å². The minimum absolute atomic E-state index is 0.125. The highest BCUT2D eigenvalue weighted by atomic mass is 16.5. The van der Waals surface area contributed by atoms with E-state index in [1.807, 2.05) is 0 Å². The molecule has 3 aromatic carbocycles. The SMILES string of the molecule is CCCCCCCCCOC(C)c1ccc(-c2ccccc2-c2ccc(OCCCC)cc2)cc1. The second-order valence-electron chi connectivity index (χ2n) is 9.53. The van der Waals surface area contributed by atoms with Gasteiger partial charge in [0.05, 0.1) is 12.7 Å². The maximum Gasteiger partial charge on any atom is 0.119 e. The van der Waals surface area contributed by atoms with Gasteiger partial charge in [-0.1, -0.05) is 119 Å². The molecule has 3 aromatic rings. The summed E-state index contributed by atoms with van der Waals surface area (Å²) in [6.45, 7) is 8.23. The molecule has 3 rings (SSSR count). The predicted octanol–water partition coefficient (Wildman–Crippen LogP) is 10.0. The Kier molecular flexibility index (Phi) is 11.9. The number of benzene rings is 3. The molecule has 0 aliphatic carbocycles. The summed E-state index contributed by atoms with van der Waals surface area (Å²) >= 11 is 0. The van der Waals surface area contributed by atoms with E-state index < -0.39 is 0 Å². The summed E-state index contributed by atoms with van der Waals surface area (Å²) in [6, 6.07) is 26.0. The Morgan fingerprint density at radius 3 is 1.71 bits per heavy atom. The van der Waals surface area contributed by atoms with Gasteiger partial charge < -0.3 is 9.47 Å². The molecule has 0 aliphatic rings. The summed E-state index contributed by atoms with van der Waals surface area (Å²) in [6.07, 6.45) is 11.5. The van der Waals surface area contributed by atoms with Crippen LogP contribution in [0.15, 0.2) is 72.8 Å². The Labute approximate surface area is 213 Å². The number of hydrogen-bond donors (Lipinski definition) is 0. The van der Waals surface area contributed by atoms with Crippen LogP contribution < -0.4 is 4.74 Å². The first kappa shape index (κ1) is 27.0. The molecule has 0 fully saturated rings. The van der Waals surface area contributed by atoms with Crippen LogP contribution in [0.5, 0.6) is 5.75 Å². The molecule has 35 heavy (non-hydrogen) atoms. The zero-order valence-electron chi connectivity index (χ0n) is 22.1. The second kappa shape index (κ2) is 15.4. The molecule has 0 bridgehead atoms. The standard InChI is InChI=1S/C33H44O2/c1-4-6-8-9-10-11-14-26-34-27(3)28-17-19-29(20-18-28)32-15-12-13-16-33(32)30-21-23-31(24-22-30)35-25-7-5-2/h12-13,15-24,27H,4-11,14,25-26H2,1-3H3. The van der Waals surface area contributed by atoms with E-state index in [1.165, 1.54) is 66.3 Å². The molecular formula is C33H44O2. The zero-order valence-corrected chi connectivity index (χ0v) is 22.1. The number of ether oxygens (including phenoxy) is 2. The fraction of sp³-hybridized carbons (Fsp3) is 0.455. The van der Waals surface area contributed by atoms with Crippen LogP contribution in [0.1, 0.15) is 90.2 Å². The van der Waals surface area contributed by atoms with Gasteiger partial charge in [-0.05, 0) is 59.7 Å². The lowest BCUT2D eigenvalue weighted by atomic mass is 9.94. The molecule has 2 nitrogen and oxygen atoms in total. The first-order chi connectivity index (χ1) is 17.2. The van der Waals surface area contributed by atoms with E-state index in [0.29, 0.717) is 0 Å². The van der Waals surface area contributed by atoms with Crippen LogP contribution in [0.3, 0.4) is 0 Å². The summed E-state index contributed by atoms with van der Waals surface area (Å²) in [5.41, 5.74) is 6.16. The van der Waals surface area contributed by atoms with E-state index in [2.05, 4.69) is 93.6 Å². The van der Waals surface area contributed by atoms with Crippen LogP contribution in [-0.4, -0.2) is 13.2 Å². The Morgan fingerprint density at radius 2 is 1.11 bits per heavy atom. The van der Waals surface area contributed by atoms with E-state index in [-0.39, 0.29) is 6.10 Å². The zero-order chi connectivity index (χ0) is 24.7. The van der Waals surface area contributed by atoms with Crippen molar-refractivity contribution >= 4 is 0 Å². The smallest absolute Gasteiger partial charge is 0.119 e. The molecule has 0 aromatic heterocycles. The van der Waals surface area contributed by atoms with Gasteiger partial charge in [-0.3, -0.25) is 0 Å². The minimum Gasteiger partial charge on any atom is -0.494 e. The summed E-state index contributed by atoms with van der Waals surface area (Å²) < 4.78 is 12.0. The molecule has 0 saturated heterocycles. The average molecular weight is 473 g/mol. The highest BCUT2D eigenvalue weighted by Gasteiger charge is 2.10. The van der Waals surface area contributed by atoms with Crippen molar-refractivity contribution in [3.8, 4) is 28.0 Å². The Balaban J connectivity index is 1.56. The molecule has 0 heterocycles. The van der Waals surface area contributed by atoms with Crippen molar-refractivity contribution in [1.82, 2.24) is 0 Å². The third-order valence-corrected chi connectivity index (χ3v) is 6.67. The molecule has 0 N–H and O–H groups in total. The van der Waals surface area contributed by atoms with Crippen LogP contribution in [-0.2, 0) is 4.74 Å². The van der Waals surface area contributed by atoms with E-state index in [4.69, 9.17) is 9.47 Å². The normalized spacial score (nSPS) is 12.0. The topological polar surface area (TPSA) is 18.5 Å². The molecule has 0 radical (unpaired) electrons. The first-order valence-electron chi connectivity index (χ1n) is 13.8. The Morgan fingerprint density at radius 1 is 0.571 bits per heavy atom. The minimum atomic E-state index is 0.125. The van der Waals surface area contributed by atoms with Gasteiger partial charge in [-0.15, -0.1) is 0 Å². The van der Waals surface area contributed by atoms with Crippen LogP contribution in [0, 0.1) is 0 Å². The number of hydrogen-bond acceptors (Lipinski definition) is 2. The largest absolute Gasteiger partial charge is 0.494 e. The highest BCUT2D eigenvalue weighted by molar-refractivity contribution is 5.83. The van der Waals surface area contributed by atoms with E-state index in [1.54, 1.807) is 0 Å². The van der Waals surface area contributed by atoms with Gasteiger partial charge in [-0.25, -0.2) is 0 Å². The molecule has 0 spiro atoms. The quantitative estimate of drug-likeness (QED) is 0.193. The number of unbranched alkanes of at least 4 members (excludes halogenated alkanes) is 7. The third-order valence-electron chi connectivity index (χ3n) is 6.67. The van der Waals surface area contributed by atoms with E-state index >= 15 is 0 Å². The van der Waals surface area contributed by atoms with Crippen molar-refractivity contribution < 1.29 is 9.47 Å². The van der Waals surface area contributed by atoms with E-state index in [9.17, 15) is 0 Å². The Hall–Kier alpha value is -2.58. The van der Waals surface area contributed by atoms with E-state index in [0.717, 1.165) is 38.2 Å². The van der Waals surface area contributed by atoms with Gasteiger partial charge in [0.2, 0.25) is 0 Å². The summed E-state index contributed by atoms with van der Waals surface area (Å²) in [7, 11) is 0. The highest BCUT2D eigenvalue weighted by Crippen LogP contribution is 2.33.